The first kappa shape index (κ1) is 10.2. The summed E-state index contributed by atoms with van der Waals surface area (Å²) in [6.07, 6.45) is 2.03. The first-order valence-corrected chi connectivity index (χ1v) is 3.66. The Labute approximate surface area is 66.9 Å². The van der Waals surface area contributed by atoms with Gasteiger partial charge in [0.1, 0.15) is 0 Å². The summed E-state index contributed by atoms with van der Waals surface area (Å²) in [5, 5.41) is 8.48. The van der Waals surface area contributed by atoms with Gasteiger partial charge in [-0.2, -0.15) is 0 Å². The summed E-state index contributed by atoms with van der Waals surface area (Å²) in [6.45, 7) is 4.20. The van der Waals surface area contributed by atoms with Gasteiger partial charge in [0.2, 0.25) is 0 Å². The minimum atomic E-state index is -0.790. The van der Waals surface area contributed by atoms with Gasteiger partial charge in [0.15, 0.2) is 0 Å². The summed E-state index contributed by atoms with van der Waals surface area (Å²) in [7, 11) is 0. The summed E-state index contributed by atoms with van der Waals surface area (Å²) >= 11 is 0. The molecule has 64 valence electrons. The molecule has 0 amide bonds. The predicted molar refractivity (Wildman–Crippen MR) is 44.2 cm³/mol. The lowest BCUT2D eigenvalue weighted by Gasteiger charge is -2.11. The second kappa shape index (κ2) is 4.91. The van der Waals surface area contributed by atoms with Gasteiger partial charge in [0.25, 0.3) is 0 Å². The zero-order valence-electron chi connectivity index (χ0n) is 7.00. The molecule has 0 radical (unpaired) electrons. The maximum atomic E-state index is 10.3. The van der Waals surface area contributed by atoms with Gasteiger partial charge in [-0.1, -0.05) is 11.6 Å². The second-order valence-corrected chi connectivity index (χ2v) is 2.56. The van der Waals surface area contributed by atoms with Gasteiger partial charge < -0.3 is 10.8 Å². The smallest absolute Gasteiger partial charge is 0.303 e. The number of hydrogen-bond acceptors (Lipinski definition) is 2. The molecule has 0 saturated carbocycles. The Hall–Kier alpha value is -0.830. The lowest BCUT2D eigenvalue weighted by molar-refractivity contribution is -0.137. The third-order valence-electron chi connectivity index (χ3n) is 1.80. The molecule has 0 aromatic rings. The second-order valence-electron chi connectivity index (χ2n) is 2.56. The van der Waals surface area contributed by atoms with Crippen molar-refractivity contribution in [3.8, 4) is 0 Å². The summed E-state index contributed by atoms with van der Waals surface area (Å²) in [4.78, 5) is 10.3. The SMILES string of the molecule is C/C=C(\C)C(CN)CC(=O)O. The van der Waals surface area contributed by atoms with Crippen molar-refractivity contribution in [1.82, 2.24) is 0 Å². The van der Waals surface area contributed by atoms with E-state index in [2.05, 4.69) is 0 Å². The van der Waals surface area contributed by atoms with E-state index in [1.54, 1.807) is 0 Å². The van der Waals surface area contributed by atoms with Gasteiger partial charge in [0.05, 0.1) is 6.42 Å². The molecule has 0 saturated heterocycles. The maximum Gasteiger partial charge on any atom is 0.303 e. The van der Waals surface area contributed by atoms with E-state index in [9.17, 15) is 4.79 Å². The molecule has 0 aliphatic rings. The van der Waals surface area contributed by atoms with Crippen LogP contribution in [0.15, 0.2) is 11.6 Å². The number of carboxylic acid groups (broad SMARTS) is 1. The van der Waals surface area contributed by atoms with Crippen LogP contribution in [-0.2, 0) is 4.79 Å². The quantitative estimate of drug-likeness (QED) is 0.598. The first-order chi connectivity index (χ1) is 5.11. The van der Waals surface area contributed by atoms with Gasteiger partial charge in [-0.05, 0) is 20.4 Å². The monoisotopic (exact) mass is 157 g/mol. The molecule has 3 N–H and O–H groups in total. The van der Waals surface area contributed by atoms with E-state index >= 15 is 0 Å². The highest BCUT2D eigenvalue weighted by Gasteiger charge is 2.11. The van der Waals surface area contributed by atoms with Crippen molar-refractivity contribution < 1.29 is 9.90 Å². The highest BCUT2D eigenvalue weighted by Crippen LogP contribution is 2.12. The number of carbonyl (C=O) groups is 1. The van der Waals surface area contributed by atoms with Crippen molar-refractivity contribution >= 4 is 5.97 Å². The fourth-order valence-electron chi connectivity index (χ4n) is 0.877. The molecule has 11 heavy (non-hydrogen) atoms. The van der Waals surface area contributed by atoms with E-state index in [0.717, 1.165) is 5.57 Å². The molecule has 1 atom stereocenters. The molecular weight excluding hydrogens is 142 g/mol. The van der Waals surface area contributed by atoms with Crippen LogP contribution >= 0.6 is 0 Å². The molecule has 3 heteroatoms. The first-order valence-electron chi connectivity index (χ1n) is 3.66. The molecule has 0 rings (SSSR count). The Morgan fingerprint density at radius 2 is 2.27 bits per heavy atom. The third kappa shape index (κ3) is 3.78. The summed E-state index contributed by atoms with van der Waals surface area (Å²) in [6, 6.07) is 0. The molecule has 0 aliphatic heterocycles. The average molecular weight is 157 g/mol. The molecule has 0 aromatic carbocycles. The minimum Gasteiger partial charge on any atom is -0.481 e. The molecule has 0 spiro atoms. The zero-order valence-corrected chi connectivity index (χ0v) is 7.00. The lowest BCUT2D eigenvalue weighted by Crippen LogP contribution is -2.18. The minimum absolute atomic E-state index is 0.00231. The van der Waals surface area contributed by atoms with Crippen LogP contribution in [0, 0.1) is 5.92 Å². The van der Waals surface area contributed by atoms with Crippen LogP contribution in [0.4, 0.5) is 0 Å². The van der Waals surface area contributed by atoms with Crippen LogP contribution in [0.3, 0.4) is 0 Å². The number of hydrogen-bond donors (Lipinski definition) is 2. The number of carboxylic acids is 1. The number of allylic oxidation sites excluding steroid dienone is 1. The summed E-state index contributed by atoms with van der Waals surface area (Å²) < 4.78 is 0. The maximum absolute atomic E-state index is 10.3. The lowest BCUT2D eigenvalue weighted by atomic mass is 9.97. The van der Waals surface area contributed by atoms with Crippen LogP contribution < -0.4 is 5.73 Å². The van der Waals surface area contributed by atoms with E-state index in [-0.39, 0.29) is 12.3 Å². The highest BCUT2D eigenvalue weighted by atomic mass is 16.4. The normalized spacial score (nSPS) is 14.6. The molecule has 0 aromatic heterocycles. The van der Waals surface area contributed by atoms with Gasteiger partial charge in [-0.25, -0.2) is 0 Å². The van der Waals surface area contributed by atoms with Gasteiger partial charge >= 0.3 is 5.97 Å². The van der Waals surface area contributed by atoms with Gasteiger partial charge in [-0.15, -0.1) is 0 Å². The van der Waals surface area contributed by atoms with Gasteiger partial charge in [-0.3, -0.25) is 4.79 Å². The Morgan fingerprint density at radius 1 is 1.73 bits per heavy atom. The number of rotatable bonds is 4. The van der Waals surface area contributed by atoms with E-state index < -0.39 is 5.97 Å². The van der Waals surface area contributed by atoms with Crippen LogP contribution in [0.25, 0.3) is 0 Å². The zero-order chi connectivity index (χ0) is 8.85. The Kier molecular flexibility index (Phi) is 4.54. The van der Waals surface area contributed by atoms with E-state index in [1.165, 1.54) is 0 Å². The highest BCUT2D eigenvalue weighted by molar-refractivity contribution is 5.67. The van der Waals surface area contributed by atoms with Crippen molar-refractivity contribution in [3.05, 3.63) is 11.6 Å². The van der Waals surface area contributed by atoms with E-state index in [1.807, 2.05) is 19.9 Å². The summed E-state index contributed by atoms with van der Waals surface area (Å²) in [5.41, 5.74) is 6.44. The van der Waals surface area contributed by atoms with E-state index in [0.29, 0.717) is 6.54 Å². The van der Waals surface area contributed by atoms with Crippen molar-refractivity contribution in [2.75, 3.05) is 6.54 Å². The summed E-state index contributed by atoms with van der Waals surface area (Å²) in [5.74, 6) is -0.792. The number of nitrogens with two attached hydrogens (primary N) is 1. The molecule has 3 nitrogen and oxygen atoms in total. The van der Waals surface area contributed by atoms with Crippen molar-refractivity contribution in [2.45, 2.75) is 20.3 Å². The largest absolute Gasteiger partial charge is 0.481 e. The fraction of sp³-hybridized carbons (Fsp3) is 0.625. The Balaban J connectivity index is 4.06. The van der Waals surface area contributed by atoms with Crippen LogP contribution in [0.1, 0.15) is 20.3 Å². The van der Waals surface area contributed by atoms with Crippen molar-refractivity contribution in [2.24, 2.45) is 11.7 Å². The molecule has 0 bridgehead atoms. The topological polar surface area (TPSA) is 63.3 Å². The van der Waals surface area contributed by atoms with Crippen LogP contribution in [0.2, 0.25) is 0 Å². The van der Waals surface area contributed by atoms with Crippen molar-refractivity contribution in [3.63, 3.8) is 0 Å². The Morgan fingerprint density at radius 3 is 2.55 bits per heavy atom. The standard InChI is InChI=1S/C8H15NO2/c1-3-6(2)7(5-9)4-8(10)11/h3,7H,4-5,9H2,1-2H3,(H,10,11)/b6-3+. The molecule has 1 unspecified atom stereocenters. The van der Waals surface area contributed by atoms with Crippen LogP contribution in [0.5, 0.6) is 0 Å². The third-order valence-corrected chi connectivity index (χ3v) is 1.80. The van der Waals surface area contributed by atoms with Gasteiger partial charge in [0, 0.05) is 5.92 Å². The predicted octanol–water partition coefficient (Wildman–Crippen LogP) is 1.00. The molecule has 0 fully saturated rings. The molecule has 0 heterocycles. The number of aliphatic carboxylic acids is 1. The Bertz CT molecular complexity index is 163. The van der Waals surface area contributed by atoms with Crippen molar-refractivity contribution in [1.29, 1.82) is 0 Å². The molecular formula is C8H15NO2. The average Bonchev–Trinajstić information content (AvgIpc) is 1.98. The fourth-order valence-corrected chi connectivity index (χ4v) is 0.877. The molecule has 0 aliphatic carbocycles. The van der Waals surface area contributed by atoms with E-state index in [4.69, 9.17) is 10.8 Å². The van der Waals surface area contributed by atoms with Crippen LogP contribution in [-0.4, -0.2) is 17.6 Å².